The number of carbonyl (C=O) groups excluding carboxylic acids is 2. The summed E-state index contributed by atoms with van der Waals surface area (Å²) in [7, 11) is -3.84. The number of carbonyl (C=O) groups is 2. The fraction of sp³-hybridized carbons (Fsp3) is 0.414. The molecule has 1 spiro atoms. The van der Waals surface area contributed by atoms with Gasteiger partial charge in [0, 0.05) is 55.8 Å². The van der Waals surface area contributed by atoms with Gasteiger partial charge in [-0.2, -0.15) is 4.31 Å². The summed E-state index contributed by atoms with van der Waals surface area (Å²) >= 11 is 0. The molecule has 2 fully saturated rings. The van der Waals surface area contributed by atoms with Crippen molar-refractivity contribution in [3.05, 3.63) is 69.6 Å². The summed E-state index contributed by atoms with van der Waals surface area (Å²) in [5.74, 6) is -0.818. The number of amides is 2. The van der Waals surface area contributed by atoms with E-state index >= 15 is 0 Å². The topological polar surface area (TPSA) is 120 Å². The molecule has 2 N–H and O–H groups in total. The summed E-state index contributed by atoms with van der Waals surface area (Å²) in [5, 5.41) is 6.98. The summed E-state index contributed by atoms with van der Waals surface area (Å²) in [6.07, 6.45) is -3.12. The number of halogens is 4. The van der Waals surface area contributed by atoms with Crippen molar-refractivity contribution < 1.29 is 35.9 Å². The summed E-state index contributed by atoms with van der Waals surface area (Å²) in [6.45, 7) is 6.47. The normalized spacial score (nSPS) is 19.1. The SMILES string of the molecule is Cc1cc(C(=O)N2CCNCC2)cc(C)c1C=CS(=O)(=O)N1CCC2(CC1)N=C(c1cccc(OC(F)(F)F)c1)NC2=O.Cl. The Kier molecular flexibility index (Phi) is 9.78. The molecule has 238 valence electrons. The number of alkyl halides is 3. The molecule has 3 aliphatic rings. The molecular formula is C29H33ClF3N5O5S. The zero-order chi connectivity index (χ0) is 31.0. The number of sulfonamides is 1. The van der Waals surface area contributed by atoms with Crippen molar-refractivity contribution in [1.29, 1.82) is 0 Å². The third-order valence-corrected chi connectivity index (χ3v) is 9.45. The maximum Gasteiger partial charge on any atom is 0.573 e. The van der Waals surface area contributed by atoms with Crippen molar-refractivity contribution in [1.82, 2.24) is 19.8 Å². The molecule has 44 heavy (non-hydrogen) atoms. The fourth-order valence-electron chi connectivity index (χ4n) is 5.59. The number of ether oxygens (including phenoxy) is 1. The van der Waals surface area contributed by atoms with E-state index in [9.17, 15) is 31.2 Å². The fourth-order valence-corrected chi connectivity index (χ4v) is 6.77. The van der Waals surface area contributed by atoms with Gasteiger partial charge < -0.3 is 20.3 Å². The molecule has 2 saturated heterocycles. The lowest BCUT2D eigenvalue weighted by Crippen LogP contribution is -2.50. The number of amidine groups is 1. The lowest BCUT2D eigenvalue weighted by Gasteiger charge is -2.34. The highest BCUT2D eigenvalue weighted by molar-refractivity contribution is 7.92. The lowest BCUT2D eigenvalue weighted by atomic mass is 9.89. The molecule has 0 bridgehead atoms. The van der Waals surface area contributed by atoms with E-state index in [0.717, 1.165) is 41.8 Å². The third-order valence-electron chi connectivity index (χ3n) is 7.88. The molecule has 0 atom stereocenters. The second-order valence-electron chi connectivity index (χ2n) is 10.8. The minimum Gasteiger partial charge on any atom is -0.406 e. The van der Waals surface area contributed by atoms with Crippen LogP contribution in [0.1, 0.15) is 45.5 Å². The number of hydrogen-bond acceptors (Lipinski definition) is 7. The van der Waals surface area contributed by atoms with Crippen molar-refractivity contribution in [3.63, 3.8) is 0 Å². The van der Waals surface area contributed by atoms with Crippen LogP contribution in [0.3, 0.4) is 0 Å². The second-order valence-corrected chi connectivity index (χ2v) is 12.7. The average molecular weight is 656 g/mol. The first-order chi connectivity index (χ1) is 20.3. The number of piperidine rings is 1. The Morgan fingerprint density at radius 3 is 2.30 bits per heavy atom. The zero-order valence-electron chi connectivity index (χ0n) is 24.1. The van der Waals surface area contributed by atoms with Crippen LogP contribution in [0.2, 0.25) is 0 Å². The van der Waals surface area contributed by atoms with E-state index in [1.165, 1.54) is 22.5 Å². The van der Waals surface area contributed by atoms with Gasteiger partial charge in [0.2, 0.25) is 10.0 Å². The summed E-state index contributed by atoms with van der Waals surface area (Å²) < 4.78 is 69.6. The Morgan fingerprint density at radius 1 is 1.05 bits per heavy atom. The molecule has 2 aromatic rings. The van der Waals surface area contributed by atoms with Gasteiger partial charge in [-0.05, 0) is 73.7 Å². The third kappa shape index (κ3) is 7.25. The van der Waals surface area contributed by atoms with Crippen LogP contribution in [0.15, 0.2) is 46.8 Å². The van der Waals surface area contributed by atoms with E-state index in [2.05, 4.69) is 20.4 Å². The maximum absolute atomic E-state index is 13.2. The summed E-state index contributed by atoms with van der Waals surface area (Å²) in [4.78, 5) is 32.1. The van der Waals surface area contributed by atoms with Crippen LogP contribution in [-0.4, -0.2) is 86.4 Å². The molecule has 0 unspecified atom stereocenters. The van der Waals surface area contributed by atoms with Gasteiger partial charge in [0.15, 0.2) is 0 Å². The number of benzene rings is 2. The Bertz CT molecular complexity index is 1580. The minimum absolute atomic E-state index is 0. The van der Waals surface area contributed by atoms with Crippen LogP contribution in [0.25, 0.3) is 6.08 Å². The van der Waals surface area contributed by atoms with E-state index in [0.29, 0.717) is 24.2 Å². The molecule has 5 rings (SSSR count). The predicted octanol–water partition coefficient (Wildman–Crippen LogP) is 3.38. The highest BCUT2D eigenvalue weighted by Crippen LogP contribution is 2.33. The van der Waals surface area contributed by atoms with Crippen LogP contribution in [0.5, 0.6) is 5.75 Å². The van der Waals surface area contributed by atoms with Gasteiger partial charge in [-0.1, -0.05) is 12.1 Å². The molecule has 10 nitrogen and oxygen atoms in total. The molecule has 3 heterocycles. The number of rotatable bonds is 6. The molecule has 3 aliphatic heterocycles. The van der Waals surface area contributed by atoms with Gasteiger partial charge >= 0.3 is 6.36 Å². The monoisotopic (exact) mass is 655 g/mol. The van der Waals surface area contributed by atoms with E-state index in [1.54, 1.807) is 17.0 Å². The number of aliphatic imine (C=N–C) groups is 1. The van der Waals surface area contributed by atoms with E-state index < -0.39 is 33.6 Å². The molecular weight excluding hydrogens is 623 g/mol. The van der Waals surface area contributed by atoms with Crippen LogP contribution in [0, 0.1) is 13.8 Å². The number of aryl methyl sites for hydroxylation is 2. The molecule has 0 saturated carbocycles. The van der Waals surface area contributed by atoms with Crippen molar-refractivity contribution >= 4 is 46.2 Å². The summed E-state index contributed by atoms with van der Waals surface area (Å²) in [5.41, 5.74) is 1.85. The highest BCUT2D eigenvalue weighted by atomic mass is 35.5. The van der Waals surface area contributed by atoms with Crippen LogP contribution in [-0.2, 0) is 14.8 Å². The van der Waals surface area contributed by atoms with Gasteiger partial charge in [0.25, 0.3) is 11.8 Å². The van der Waals surface area contributed by atoms with Gasteiger partial charge in [0.05, 0.1) is 0 Å². The zero-order valence-corrected chi connectivity index (χ0v) is 25.7. The molecule has 15 heteroatoms. The van der Waals surface area contributed by atoms with Gasteiger partial charge in [-0.3, -0.25) is 14.6 Å². The van der Waals surface area contributed by atoms with E-state index in [1.807, 2.05) is 13.8 Å². The average Bonchev–Trinajstić information content (AvgIpc) is 3.27. The molecule has 2 aromatic carbocycles. The largest absolute Gasteiger partial charge is 0.573 e. The Labute approximate surface area is 259 Å². The molecule has 0 radical (unpaired) electrons. The molecule has 0 aromatic heterocycles. The Morgan fingerprint density at radius 2 is 1.68 bits per heavy atom. The van der Waals surface area contributed by atoms with Crippen LogP contribution < -0.4 is 15.4 Å². The van der Waals surface area contributed by atoms with Gasteiger partial charge in [-0.25, -0.2) is 8.42 Å². The van der Waals surface area contributed by atoms with Crippen LogP contribution in [0.4, 0.5) is 13.2 Å². The van der Waals surface area contributed by atoms with Gasteiger partial charge in [0.1, 0.15) is 17.1 Å². The Balaban J connectivity index is 0.00000442. The number of nitrogens with zero attached hydrogens (tertiary/aromatic N) is 3. The molecule has 2 amide bonds. The maximum atomic E-state index is 13.2. The van der Waals surface area contributed by atoms with Gasteiger partial charge in [-0.15, -0.1) is 25.6 Å². The predicted molar refractivity (Wildman–Crippen MR) is 161 cm³/mol. The minimum atomic E-state index is -4.86. The standard InChI is InChI=1S/C29H32F3N5O5S.ClH/c1-19-16-22(26(38)36-13-9-33-10-14-36)17-20(2)24(19)6-15-43(40,41)37-11-7-28(8-12-37)27(39)34-25(35-28)21-4-3-5-23(18-21)42-29(30,31)32;/h3-6,15-18,33H,7-14H2,1-2H3,(H,34,35,39);1H. The number of piperazine rings is 1. The highest BCUT2D eigenvalue weighted by Gasteiger charge is 2.47. The van der Waals surface area contributed by atoms with Crippen molar-refractivity contribution in [2.45, 2.75) is 38.6 Å². The first-order valence-corrected chi connectivity index (χ1v) is 15.3. The van der Waals surface area contributed by atoms with E-state index in [-0.39, 0.29) is 55.6 Å². The summed E-state index contributed by atoms with van der Waals surface area (Å²) in [6, 6.07) is 8.68. The number of nitrogens with one attached hydrogen (secondary N) is 2. The smallest absolute Gasteiger partial charge is 0.406 e. The first-order valence-electron chi connectivity index (χ1n) is 13.8. The first kappa shape index (κ1) is 33.4. The molecule has 0 aliphatic carbocycles. The van der Waals surface area contributed by atoms with Crippen LogP contribution >= 0.6 is 12.4 Å². The Hall–Kier alpha value is -3.46. The van der Waals surface area contributed by atoms with Crippen molar-refractivity contribution in [2.75, 3.05) is 39.3 Å². The van der Waals surface area contributed by atoms with Crippen molar-refractivity contribution in [2.24, 2.45) is 4.99 Å². The van der Waals surface area contributed by atoms with Crippen molar-refractivity contribution in [3.8, 4) is 5.75 Å². The van der Waals surface area contributed by atoms with E-state index in [4.69, 9.17) is 0 Å². The second kappa shape index (κ2) is 12.9. The quantitative estimate of drug-likeness (QED) is 0.493. The number of hydrogen-bond donors (Lipinski definition) is 2. The lowest BCUT2D eigenvalue weighted by molar-refractivity contribution is -0.274.